The first-order valence-electron chi connectivity index (χ1n) is 6.50. The second kappa shape index (κ2) is 6.86. The molecule has 0 aliphatic rings. The first-order valence-corrected chi connectivity index (χ1v) is 7.31. The van der Waals surface area contributed by atoms with Crippen LogP contribution in [0.1, 0.15) is 19.4 Å². The molecule has 0 bridgehead atoms. The van der Waals surface area contributed by atoms with Crippen molar-refractivity contribution in [2.45, 2.75) is 36.2 Å². The number of nitrogens with one attached hydrogen (secondary N) is 1. The average Bonchev–Trinajstić information content (AvgIpc) is 2.41. The summed E-state index contributed by atoms with van der Waals surface area (Å²) in [5.74, 6) is -0.535. The Morgan fingerprint density at radius 3 is 2.35 bits per heavy atom. The predicted octanol–water partition coefficient (Wildman–Crippen LogP) is 4.61. The largest absolute Gasteiger partial charge is 0.310 e. The van der Waals surface area contributed by atoms with Crippen molar-refractivity contribution in [3.05, 3.63) is 59.7 Å². The molecule has 2 rings (SSSR count). The van der Waals surface area contributed by atoms with Crippen molar-refractivity contribution in [3.63, 3.8) is 0 Å². The Balaban J connectivity index is 2.07. The fourth-order valence-corrected chi connectivity index (χ4v) is 2.51. The van der Waals surface area contributed by atoms with Crippen molar-refractivity contribution in [2.24, 2.45) is 0 Å². The van der Waals surface area contributed by atoms with E-state index in [0.29, 0.717) is 17.5 Å². The van der Waals surface area contributed by atoms with Gasteiger partial charge in [0.2, 0.25) is 0 Å². The zero-order valence-corrected chi connectivity index (χ0v) is 12.3. The normalized spacial score (nSPS) is 11.1. The fraction of sp³-hybridized carbons (Fsp3) is 0.250. The molecule has 0 heterocycles. The van der Waals surface area contributed by atoms with Gasteiger partial charge >= 0.3 is 0 Å². The Kier molecular flexibility index (Phi) is 5.15. The van der Waals surface area contributed by atoms with Crippen LogP contribution in [0.3, 0.4) is 0 Å². The molecular formula is C16H17F2NS. The molecule has 0 fully saturated rings. The molecule has 0 aliphatic carbocycles. The molecule has 0 saturated heterocycles. The smallest absolute Gasteiger partial charge is 0.137 e. The maximum Gasteiger partial charge on any atom is 0.137 e. The number of rotatable bonds is 5. The van der Waals surface area contributed by atoms with Crippen molar-refractivity contribution < 1.29 is 8.78 Å². The molecule has 2 aromatic rings. The van der Waals surface area contributed by atoms with Crippen molar-refractivity contribution in [1.29, 1.82) is 0 Å². The fourth-order valence-electron chi connectivity index (χ4n) is 1.69. The summed E-state index contributed by atoms with van der Waals surface area (Å²) in [6.07, 6.45) is 0. The molecule has 20 heavy (non-hydrogen) atoms. The maximum absolute atomic E-state index is 14.0. The third-order valence-corrected chi connectivity index (χ3v) is 3.81. The van der Waals surface area contributed by atoms with Gasteiger partial charge in [-0.15, -0.1) is 0 Å². The van der Waals surface area contributed by atoms with Gasteiger partial charge in [0.15, 0.2) is 0 Å². The molecule has 0 radical (unpaired) electrons. The minimum absolute atomic E-state index is 0.248. The van der Waals surface area contributed by atoms with Gasteiger partial charge in [0.1, 0.15) is 11.6 Å². The minimum atomic E-state index is -0.287. The van der Waals surface area contributed by atoms with E-state index < -0.39 is 0 Å². The van der Waals surface area contributed by atoms with Crippen LogP contribution in [-0.4, -0.2) is 6.04 Å². The van der Waals surface area contributed by atoms with E-state index in [4.69, 9.17) is 0 Å². The van der Waals surface area contributed by atoms with E-state index in [9.17, 15) is 8.78 Å². The van der Waals surface area contributed by atoms with Gasteiger partial charge < -0.3 is 5.32 Å². The second-order valence-corrected chi connectivity index (χ2v) is 5.97. The van der Waals surface area contributed by atoms with Crippen LogP contribution >= 0.6 is 11.8 Å². The van der Waals surface area contributed by atoms with Crippen molar-refractivity contribution in [1.82, 2.24) is 5.32 Å². The summed E-state index contributed by atoms with van der Waals surface area (Å²) in [5, 5.41) is 3.25. The van der Waals surface area contributed by atoms with Gasteiger partial charge in [-0.2, -0.15) is 0 Å². The van der Waals surface area contributed by atoms with Gasteiger partial charge in [0, 0.05) is 22.4 Å². The van der Waals surface area contributed by atoms with Crippen molar-refractivity contribution in [3.8, 4) is 0 Å². The molecule has 0 saturated carbocycles. The van der Waals surface area contributed by atoms with E-state index in [1.165, 1.54) is 23.9 Å². The predicted molar refractivity (Wildman–Crippen MR) is 78.9 cm³/mol. The van der Waals surface area contributed by atoms with E-state index in [0.717, 1.165) is 10.5 Å². The molecule has 0 amide bonds. The van der Waals surface area contributed by atoms with Crippen LogP contribution < -0.4 is 5.32 Å². The number of hydrogen-bond acceptors (Lipinski definition) is 2. The Hall–Kier alpha value is -1.39. The maximum atomic E-state index is 14.0. The molecule has 0 spiro atoms. The Bertz CT molecular complexity index is 567. The first-order chi connectivity index (χ1) is 9.54. The molecular weight excluding hydrogens is 276 g/mol. The zero-order chi connectivity index (χ0) is 14.5. The first kappa shape index (κ1) is 15.0. The number of halogens is 2. The summed E-state index contributed by atoms with van der Waals surface area (Å²) >= 11 is 1.29. The lowest BCUT2D eigenvalue weighted by Crippen LogP contribution is -2.21. The highest BCUT2D eigenvalue weighted by Gasteiger charge is 2.06. The SMILES string of the molecule is CC(C)NCc1ccc(Sc2ccc(F)cc2)c(F)c1. The van der Waals surface area contributed by atoms with Gasteiger partial charge in [-0.05, 0) is 42.0 Å². The minimum Gasteiger partial charge on any atom is -0.310 e. The molecule has 1 N–H and O–H groups in total. The highest BCUT2D eigenvalue weighted by molar-refractivity contribution is 7.99. The quantitative estimate of drug-likeness (QED) is 0.863. The van der Waals surface area contributed by atoms with Crippen molar-refractivity contribution >= 4 is 11.8 Å². The Morgan fingerprint density at radius 2 is 1.75 bits per heavy atom. The standard InChI is InChI=1S/C16H17F2NS/c1-11(2)19-10-12-3-8-16(15(18)9-12)20-14-6-4-13(17)5-7-14/h3-9,11,19H,10H2,1-2H3. The van der Waals surface area contributed by atoms with Crippen LogP contribution in [0.15, 0.2) is 52.3 Å². The third kappa shape index (κ3) is 4.32. The van der Waals surface area contributed by atoms with Crippen LogP contribution in [0.25, 0.3) is 0 Å². The molecule has 0 aliphatic heterocycles. The van der Waals surface area contributed by atoms with Crippen LogP contribution in [-0.2, 0) is 6.54 Å². The number of benzene rings is 2. The topological polar surface area (TPSA) is 12.0 Å². The van der Waals surface area contributed by atoms with Crippen LogP contribution in [0.2, 0.25) is 0 Å². The third-order valence-electron chi connectivity index (χ3n) is 2.75. The summed E-state index contributed by atoms with van der Waals surface area (Å²) < 4.78 is 26.8. The lowest BCUT2D eigenvalue weighted by molar-refractivity contribution is 0.574. The highest BCUT2D eigenvalue weighted by Crippen LogP contribution is 2.30. The average molecular weight is 293 g/mol. The lowest BCUT2D eigenvalue weighted by Gasteiger charge is -2.09. The lowest BCUT2D eigenvalue weighted by atomic mass is 10.2. The Morgan fingerprint density at radius 1 is 1.05 bits per heavy atom. The molecule has 0 unspecified atom stereocenters. The summed E-state index contributed by atoms with van der Waals surface area (Å²) in [6, 6.07) is 11.6. The monoisotopic (exact) mass is 293 g/mol. The van der Waals surface area contributed by atoms with Gasteiger partial charge in [0.25, 0.3) is 0 Å². The van der Waals surface area contributed by atoms with E-state index in [1.54, 1.807) is 24.3 Å². The summed E-state index contributed by atoms with van der Waals surface area (Å²) in [6.45, 7) is 4.75. The van der Waals surface area contributed by atoms with Crippen LogP contribution in [0.4, 0.5) is 8.78 Å². The second-order valence-electron chi connectivity index (χ2n) is 4.86. The van der Waals surface area contributed by atoms with Gasteiger partial charge in [-0.25, -0.2) is 8.78 Å². The Labute approximate surface area is 122 Å². The molecule has 4 heteroatoms. The highest BCUT2D eigenvalue weighted by atomic mass is 32.2. The van der Waals surface area contributed by atoms with Gasteiger partial charge in [-0.1, -0.05) is 31.7 Å². The summed E-state index contributed by atoms with van der Waals surface area (Å²) in [7, 11) is 0. The number of hydrogen-bond donors (Lipinski definition) is 1. The summed E-state index contributed by atoms with van der Waals surface area (Å²) in [5.41, 5.74) is 0.916. The van der Waals surface area contributed by atoms with E-state index in [-0.39, 0.29) is 11.6 Å². The molecule has 1 nitrogen and oxygen atoms in total. The van der Waals surface area contributed by atoms with Gasteiger partial charge in [0.05, 0.1) is 0 Å². The molecule has 0 atom stereocenters. The molecule has 106 valence electrons. The summed E-state index contributed by atoms with van der Waals surface area (Å²) in [4.78, 5) is 1.36. The van der Waals surface area contributed by atoms with E-state index in [1.807, 2.05) is 6.07 Å². The van der Waals surface area contributed by atoms with E-state index >= 15 is 0 Å². The van der Waals surface area contributed by atoms with Crippen LogP contribution in [0, 0.1) is 11.6 Å². The van der Waals surface area contributed by atoms with Crippen molar-refractivity contribution in [2.75, 3.05) is 0 Å². The molecule has 2 aromatic carbocycles. The van der Waals surface area contributed by atoms with Gasteiger partial charge in [-0.3, -0.25) is 0 Å². The zero-order valence-electron chi connectivity index (χ0n) is 11.5. The molecule has 0 aromatic heterocycles. The van der Waals surface area contributed by atoms with E-state index in [2.05, 4.69) is 19.2 Å². The van der Waals surface area contributed by atoms with Crippen LogP contribution in [0.5, 0.6) is 0 Å².